The van der Waals surface area contributed by atoms with Gasteiger partial charge in [-0.05, 0) is 24.1 Å². The van der Waals surface area contributed by atoms with Crippen molar-refractivity contribution >= 4 is 16.1 Å². The third kappa shape index (κ3) is 4.70. The first-order valence-electron chi connectivity index (χ1n) is 6.70. The second kappa shape index (κ2) is 6.43. The van der Waals surface area contributed by atoms with Gasteiger partial charge in [-0.15, -0.1) is 3.89 Å². The van der Waals surface area contributed by atoms with Crippen molar-refractivity contribution < 1.29 is 21.8 Å². The number of methoxy groups -OCH3 is 1. The Labute approximate surface area is 123 Å². The van der Waals surface area contributed by atoms with Crippen LogP contribution in [0.3, 0.4) is 0 Å². The van der Waals surface area contributed by atoms with E-state index in [0.717, 1.165) is 11.3 Å². The monoisotopic (exact) mass is 315 g/mol. The van der Waals surface area contributed by atoms with Gasteiger partial charge >= 0.3 is 10.2 Å². The van der Waals surface area contributed by atoms with Crippen LogP contribution in [-0.2, 0) is 21.4 Å². The van der Waals surface area contributed by atoms with E-state index in [2.05, 4.69) is 0 Å². The molecule has 21 heavy (non-hydrogen) atoms. The van der Waals surface area contributed by atoms with Gasteiger partial charge in [0.2, 0.25) is 5.91 Å². The number of hydrogen-bond donors (Lipinski definition) is 0. The third-order valence-electron chi connectivity index (χ3n) is 3.56. The summed E-state index contributed by atoms with van der Waals surface area (Å²) in [7, 11) is -2.93. The number of ether oxygens (including phenoxy) is 1. The van der Waals surface area contributed by atoms with E-state index >= 15 is 0 Å². The average molecular weight is 315 g/mol. The van der Waals surface area contributed by atoms with Gasteiger partial charge in [0.05, 0.1) is 12.9 Å². The molecule has 2 rings (SSSR count). The minimum Gasteiger partial charge on any atom is -0.497 e. The number of rotatable bonds is 6. The van der Waals surface area contributed by atoms with Crippen molar-refractivity contribution in [1.82, 2.24) is 4.90 Å². The lowest BCUT2D eigenvalue weighted by molar-refractivity contribution is -0.127. The van der Waals surface area contributed by atoms with Gasteiger partial charge in [0.1, 0.15) is 5.75 Å². The normalized spacial score (nSPS) is 19.0. The van der Waals surface area contributed by atoms with Crippen LogP contribution in [0.25, 0.3) is 0 Å². The summed E-state index contributed by atoms with van der Waals surface area (Å²) in [5.41, 5.74) is 1.06. The molecule has 1 aromatic carbocycles. The lowest BCUT2D eigenvalue weighted by atomic mass is 10.1. The number of likely N-dealkylation sites (tertiary alicyclic amines) is 1. The Hall–Kier alpha value is -1.63. The zero-order valence-electron chi connectivity index (χ0n) is 11.8. The molecule has 7 heteroatoms. The fraction of sp³-hybridized carbons (Fsp3) is 0.500. The van der Waals surface area contributed by atoms with Crippen molar-refractivity contribution in [3.05, 3.63) is 29.8 Å². The number of halogens is 1. The summed E-state index contributed by atoms with van der Waals surface area (Å²) >= 11 is 0. The Bertz CT molecular complexity index is 600. The molecule has 116 valence electrons. The van der Waals surface area contributed by atoms with Crippen molar-refractivity contribution in [2.45, 2.75) is 12.8 Å². The summed E-state index contributed by atoms with van der Waals surface area (Å²) < 4.78 is 39.0. The molecule has 1 atom stereocenters. The van der Waals surface area contributed by atoms with E-state index in [9.17, 15) is 17.1 Å². The van der Waals surface area contributed by atoms with Crippen molar-refractivity contribution in [3.8, 4) is 5.75 Å². The molecule has 1 fully saturated rings. The molecule has 0 aromatic heterocycles. The van der Waals surface area contributed by atoms with E-state index in [0.29, 0.717) is 19.5 Å². The van der Waals surface area contributed by atoms with Gasteiger partial charge in [-0.3, -0.25) is 4.79 Å². The number of carbonyl (C=O) groups is 1. The summed E-state index contributed by atoms with van der Waals surface area (Å²) in [6.45, 7) is 0.812. The molecule has 0 spiro atoms. The molecule has 0 N–H and O–H groups in total. The summed E-state index contributed by atoms with van der Waals surface area (Å²) in [5, 5.41) is 0. The van der Waals surface area contributed by atoms with Crippen LogP contribution in [0.5, 0.6) is 5.75 Å². The second-order valence-corrected chi connectivity index (χ2v) is 6.62. The topological polar surface area (TPSA) is 63.7 Å². The van der Waals surface area contributed by atoms with Gasteiger partial charge in [-0.2, -0.15) is 8.42 Å². The van der Waals surface area contributed by atoms with Crippen LogP contribution in [0.4, 0.5) is 3.89 Å². The van der Waals surface area contributed by atoms with E-state index in [1.807, 2.05) is 24.3 Å². The minimum absolute atomic E-state index is 0.103. The Morgan fingerprint density at radius 3 is 2.57 bits per heavy atom. The van der Waals surface area contributed by atoms with Crippen molar-refractivity contribution in [1.29, 1.82) is 0 Å². The number of hydrogen-bond acceptors (Lipinski definition) is 4. The molecule has 5 nitrogen and oxygen atoms in total. The maximum atomic E-state index is 12.6. The second-order valence-electron chi connectivity index (χ2n) is 5.21. The lowest BCUT2D eigenvalue weighted by Crippen LogP contribution is -2.28. The minimum atomic E-state index is -4.52. The molecule has 1 amide bonds. The number of benzene rings is 1. The molecular weight excluding hydrogens is 297 g/mol. The summed E-state index contributed by atoms with van der Waals surface area (Å²) in [5.74, 6) is -0.359. The van der Waals surface area contributed by atoms with E-state index in [4.69, 9.17) is 4.74 Å². The maximum Gasteiger partial charge on any atom is 0.302 e. The largest absolute Gasteiger partial charge is 0.497 e. The average Bonchev–Trinajstić information content (AvgIpc) is 2.74. The first-order chi connectivity index (χ1) is 9.87. The zero-order chi connectivity index (χ0) is 15.5. The molecule has 0 saturated carbocycles. The van der Waals surface area contributed by atoms with E-state index in [1.165, 1.54) is 0 Å². The molecule has 1 heterocycles. The molecule has 0 radical (unpaired) electrons. The first-order valence-corrected chi connectivity index (χ1v) is 8.25. The van der Waals surface area contributed by atoms with Gasteiger partial charge in [-0.1, -0.05) is 12.1 Å². The third-order valence-corrected chi connectivity index (χ3v) is 4.43. The molecule has 1 unspecified atom stereocenters. The lowest BCUT2D eigenvalue weighted by Gasteiger charge is -2.16. The highest BCUT2D eigenvalue weighted by Gasteiger charge is 2.32. The molecule has 1 aliphatic rings. The van der Waals surface area contributed by atoms with E-state index < -0.39 is 21.9 Å². The fourth-order valence-electron chi connectivity index (χ4n) is 2.52. The van der Waals surface area contributed by atoms with Crippen LogP contribution >= 0.6 is 0 Å². The molecule has 1 aliphatic heterocycles. The van der Waals surface area contributed by atoms with E-state index in [1.54, 1.807) is 12.0 Å². The quantitative estimate of drug-likeness (QED) is 0.744. The maximum absolute atomic E-state index is 12.6. The highest BCUT2D eigenvalue weighted by molar-refractivity contribution is 7.86. The highest BCUT2D eigenvalue weighted by Crippen LogP contribution is 2.21. The predicted molar refractivity (Wildman–Crippen MR) is 76.3 cm³/mol. The van der Waals surface area contributed by atoms with Gasteiger partial charge < -0.3 is 9.64 Å². The first kappa shape index (κ1) is 15.8. The molecule has 0 aliphatic carbocycles. The van der Waals surface area contributed by atoms with Crippen molar-refractivity contribution in [2.75, 3.05) is 26.0 Å². The Balaban J connectivity index is 1.87. The number of nitrogens with zero attached hydrogens (tertiary/aromatic N) is 1. The van der Waals surface area contributed by atoms with Crippen LogP contribution in [0.1, 0.15) is 12.0 Å². The molecule has 0 bridgehead atoms. The van der Waals surface area contributed by atoms with Gasteiger partial charge in [0.25, 0.3) is 0 Å². The fourth-order valence-corrected chi connectivity index (χ4v) is 3.31. The van der Waals surface area contributed by atoms with Crippen LogP contribution in [0, 0.1) is 5.92 Å². The Morgan fingerprint density at radius 1 is 1.33 bits per heavy atom. The van der Waals surface area contributed by atoms with E-state index in [-0.39, 0.29) is 12.3 Å². The van der Waals surface area contributed by atoms with Crippen LogP contribution in [-0.4, -0.2) is 45.2 Å². The van der Waals surface area contributed by atoms with Crippen molar-refractivity contribution in [2.24, 2.45) is 5.92 Å². The van der Waals surface area contributed by atoms with Crippen LogP contribution < -0.4 is 4.74 Å². The standard InChI is InChI=1S/C14H18FNO4S/c1-20-13-4-2-11(3-5-13)6-7-16-9-12(8-14(16)17)10-21(15,18)19/h2-5,12H,6-10H2,1H3. The number of carbonyl (C=O) groups excluding carboxylic acids is 1. The van der Waals surface area contributed by atoms with Crippen LogP contribution in [0.15, 0.2) is 24.3 Å². The summed E-state index contributed by atoms with van der Waals surface area (Å²) in [6, 6.07) is 7.53. The van der Waals surface area contributed by atoms with Crippen LogP contribution in [0.2, 0.25) is 0 Å². The highest BCUT2D eigenvalue weighted by atomic mass is 32.3. The zero-order valence-corrected chi connectivity index (χ0v) is 12.6. The van der Waals surface area contributed by atoms with Gasteiger partial charge in [0, 0.05) is 25.4 Å². The Morgan fingerprint density at radius 2 is 2.00 bits per heavy atom. The Kier molecular flexibility index (Phi) is 4.82. The SMILES string of the molecule is COc1ccc(CCN2CC(CS(=O)(=O)F)CC2=O)cc1. The molecule has 1 saturated heterocycles. The molecule has 1 aromatic rings. The molecular formula is C14H18FNO4S. The number of amides is 1. The van der Waals surface area contributed by atoms with Crippen molar-refractivity contribution in [3.63, 3.8) is 0 Å². The van der Waals surface area contributed by atoms with Gasteiger partial charge in [0.15, 0.2) is 0 Å². The summed E-state index contributed by atoms with van der Waals surface area (Å²) in [4.78, 5) is 13.4. The summed E-state index contributed by atoms with van der Waals surface area (Å²) in [6.07, 6.45) is 0.774. The van der Waals surface area contributed by atoms with Gasteiger partial charge in [-0.25, -0.2) is 0 Å². The smallest absolute Gasteiger partial charge is 0.302 e. The predicted octanol–water partition coefficient (Wildman–Crippen LogP) is 1.39.